The van der Waals surface area contributed by atoms with Crippen molar-refractivity contribution >= 4 is 17.9 Å². The van der Waals surface area contributed by atoms with Crippen molar-refractivity contribution in [2.75, 3.05) is 6.61 Å². The molecule has 0 aromatic rings. The number of rotatable bonds is 7. The van der Waals surface area contributed by atoms with E-state index in [1.165, 1.54) is 6.42 Å². The average molecular weight is 699 g/mol. The van der Waals surface area contributed by atoms with Crippen LogP contribution in [0.5, 0.6) is 0 Å². The van der Waals surface area contributed by atoms with Crippen LogP contribution in [0.15, 0.2) is 0 Å². The molecule has 0 N–H and O–H groups in total. The topological polar surface area (TPSA) is 88.1 Å². The van der Waals surface area contributed by atoms with Crippen molar-refractivity contribution in [1.82, 2.24) is 0 Å². The lowest BCUT2D eigenvalue weighted by Gasteiger charge is -2.59. The third-order valence-corrected chi connectivity index (χ3v) is 13.4. The first-order chi connectivity index (χ1) is 19.5. The molecule has 8 rings (SSSR count). The van der Waals surface area contributed by atoms with Gasteiger partial charge in [-0.2, -0.15) is 0 Å². The van der Waals surface area contributed by atoms with Crippen LogP contribution in [-0.2, 0) is 33.3 Å². The van der Waals surface area contributed by atoms with Gasteiger partial charge in [0.2, 0.25) is 0 Å². The maximum atomic E-state index is 14.2. The minimum Gasteiger partial charge on any atom is -0.458 e. The van der Waals surface area contributed by atoms with Crippen LogP contribution in [0.25, 0.3) is 0 Å². The molecule has 7 heteroatoms. The molecular formula is C42H82O7. The van der Waals surface area contributed by atoms with E-state index in [0.29, 0.717) is 36.2 Å². The first-order valence-corrected chi connectivity index (χ1v) is 16.8. The highest BCUT2D eigenvalue weighted by Crippen LogP contribution is 2.63. The van der Waals surface area contributed by atoms with E-state index in [1.54, 1.807) is 0 Å². The zero-order valence-corrected chi connectivity index (χ0v) is 25.6. The molecule has 9 atom stereocenters. The van der Waals surface area contributed by atoms with Gasteiger partial charge in [-0.15, -0.1) is 0 Å². The van der Waals surface area contributed by atoms with Gasteiger partial charge in [0.15, 0.2) is 6.29 Å². The molecule has 6 bridgehead atoms. The van der Waals surface area contributed by atoms with Crippen molar-refractivity contribution in [2.24, 2.45) is 70.5 Å². The molecule has 2 aliphatic heterocycles. The monoisotopic (exact) mass is 699 g/mol. The molecule has 8 fully saturated rings. The molecule has 8 aliphatic rings. The minimum atomic E-state index is -1.16. The summed E-state index contributed by atoms with van der Waals surface area (Å²) >= 11 is 0. The Morgan fingerprint density at radius 2 is 1.31 bits per heavy atom. The van der Waals surface area contributed by atoms with Crippen LogP contribution in [0.4, 0.5) is 0 Å². The first kappa shape index (κ1) is 49.6. The van der Waals surface area contributed by atoms with Gasteiger partial charge in [-0.1, -0.05) is 66.3 Å². The second-order valence-electron chi connectivity index (χ2n) is 15.9. The first-order valence-electron chi connectivity index (χ1n) is 16.8. The molecule has 49 heavy (non-hydrogen) atoms. The second kappa shape index (κ2) is 17.8. The lowest BCUT2D eigenvalue weighted by Crippen LogP contribution is -2.59. The van der Waals surface area contributed by atoms with E-state index in [1.807, 2.05) is 20.8 Å². The Hall–Kier alpha value is -1.47. The third-order valence-electron chi connectivity index (χ3n) is 13.4. The fourth-order valence-electron chi connectivity index (χ4n) is 11.5. The molecule has 292 valence electrons. The van der Waals surface area contributed by atoms with Crippen molar-refractivity contribution in [2.45, 2.75) is 176 Å². The highest BCUT2D eigenvalue weighted by molar-refractivity contribution is 6.00. The van der Waals surface area contributed by atoms with E-state index in [9.17, 15) is 14.4 Å². The Bertz CT molecular complexity index is 1050. The maximum Gasteiger partial charge on any atom is 0.318 e. The summed E-state index contributed by atoms with van der Waals surface area (Å²) in [6.45, 7) is 10.6. The third kappa shape index (κ3) is 7.83. The molecule has 7 nitrogen and oxygen atoms in total. The summed E-state index contributed by atoms with van der Waals surface area (Å²) in [5, 5.41) is 0. The summed E-state index contributed by atoms with van der Waals surface area (Å²) in [7, 11) is 0. The summed E-state index contributed by atoms with van der Waals surface area (Å²) in [4.78, 5) is 41.3. The molecule has 0 spiro atoms. The Balaban J connectivity index is 0. The predicted octanol–water partition coefficient (Wildman–Crippen LogP) is 11.0. The molecule has 0 aromatic carbocycles. The summed E-state index contributed by atoms with van der Waals surface area (Å²) in [6, 6.07) is 0. The maximum absolute atomic E-state index is 14.2. The lowest BCUT2D eigenvalue weighted by atomic mass is 9.50. The van der Waals surface area contributed by atoms with Gasteiger partial charge in [0, 0.05) is 6.61 Å². The Kier molecular flexibility index (Phi) is 18.1. The van der Waals surface area contributed by atoms with E-state index in [-0.39, 0.29) is 89.6 Å². The molecule has 2 saturated heterocycles. The van der Waals surface area contributed by atoms with Gasteiger partial charge in [0.1, 0.15) is 5.60 Å². The predicted molar refractivity (Wildman–Crippen MR) is 204 cm³/mol. The molecule has 2 heterocycles. The molecule has 0 aromatic heterocycles. The summed E-state index contributed by atoms with van der Waals surface area (Å²) in [6.07, 6.45) is 10.8. The normalized spacial score (nSPS) is 42.2. The van der Waals surface area contributed by atoms with Crippen LogP contribution < -0.4 is 0 Å². The number of cyclic esters (lactones) is 2. The largest absolute Gasteiger partial charge is 0.458 e. The van der Waals surface area contributed by atoms with E-state index < -0.39 is 34.8 Å². The quantitative estimate of drug-likeness (QED) is 0.193. The Morgan fingerprint density at radius 3 is 1.84 bits per heavy atom. The smallest absolute Gasteiger partial charge is 0.318 e. The fraction of sp³-hybridized carbons (Fsp3) is 0.929. The van der Waals surface area contributed by atoms with Crippen LogP contribution in [0.1, 0.15) is 158 Å². The average Bonchev–Trinajstić information content (AvgIpc) is 3.61. The van der Waals surface area contributed by atoms with Gasteiger partial charge in [0.05, 0.1) is 23.4 Å². The number of fused-ring (bicyclic) bond motifs is 2. The number of hydrogen-bond acceptors (Lipinski definition) is 7. The number of hydrogen-bond donors (Lipinski definition) is 0. The van der Waals surface area contributed by atoms with Crippen molar-refractivity contribution in [3.8, 4) is 0 Å². The van der Waals surface area contributed by atoms with E-state index in [2.05, 4.69) is 13.8 Å². The van der Waals surface area contributed by atoms with Gasteiger partial charge >= 0.3 is 17.9 Å². The molecular weight excluding hydrogens is 616 g/mol. The molecule has 6 aliphatic carbocycles. The van der Waals surface area contributed by atoms with Gasteiger partial charge in [-0.3, -0.25) is 14.4 Å². The molecule has 0 amide bonds. The zero-order chi connectivity index (χ0) is 28.8. The van der Waals surface area contributed by atoms with Crippen LogP contribution in [0, 0.1) is 70.5 Å². The SMILES string of the molecule is C.C.C.C.C.C.C.C.CCOC1CCC(C)C(C2C3CCC(C3)C2C2C(=O)OC(=O)C2C(C)(C)C(=O)OC2(C)C3CC4CC(C3)CC2C4)O1. The van der Waals surface area contributed by atoms with Gasteiger partial charge in [-0.25, -0.2) is 0 Å². The zero-order valence-electron chi connectivity index (χ0n) is 25.6. The van der Waals surface area contributed by atoms with Crippen LogP contribution in [0.3, 0.4) is 0 Å². The fourth-order valence-corrected chi connectivity index (χ4v) is 11.5. The molecule has 6 saturated carbocycles. The lowest BCUT2D eigenvalue weighted by molar-refractivity contribution is -0.230. The summed E-state index contributed by atoms with van der Waals surface area (Å²) in [5.41, 5.74) is -1.65. The highest BCUT2D eigenvalue weighted by Gasteiger charge is 2.66. The molecule has 9 unspecified atom stereocenters. The summed E-state index contributed by atoms with van der Waals surface area (Å²) in [5.74, 6) is 0.782. The Labute approximate surface area is 304 Å². The van der Waals surface area contributed by atoms with Gasteiger partial charge < -0.3 is 18.9 Å². The van der Waals surface area contributed by atoms with Gasteiger partial charge in [0.25, 0.3) is 0 Å². The number of ether oxygens (including phenoxy) is 4. The second-order valence-corrected chi connectivity index (χ2v) is 15.9. The standard InChI is InChI=1S/C34H50O7.8CH4/c1-6-38-24-10-7-17(2)29(39-24)26-21-9-8-20(16-21)25(26)27-28(31(36)40-30(27)35)33(3,4)32(37)41-34(5)22-12-18-11-19(14-22)15-23(34)13-18;;;;;;;;/h17-29H,6-16H2,1-5H3;8*1H4. The van der Waals surface area contributed by atoms with E-state index in [4.69, 9.17) is 18.9 Å². The highest BCUT2D eigenvalue weighted by atomic mass is 16.7. The van der Waals surface area contributed by atoms with E-state index >= 15 is 0 Å². The van der Waals surface area contributed by atoms with Crippen LogP contribution >= 0.6 is 0 Å². The Morgan fingerprint density at radius 1 is 0.776 bits per heavy atom. The van der Waals surface area contributed by atoms with Crippen molar-refractivity contribution in [3.63, 3.8) is 0 Å². The number of carbonyl (C=O) groups excluding carboxylic acids is 3. The number of carbonyl (C=O) groups is 3. The van der Waals surface area contributed by atoms with Crippen molar-refractivity contribution < 1.29 is 33.3 Å². The molecule has 0 radical (unpaired) electrons. The number of esters is 3. The van der Waals surface area contributed by atoms with Crippen molar-refractivity contribution in [3.05, 3.63) is 0 Å². The van der Waals surface area contributed by atoms with Crippen LogP contribution in [-0.4, -0.2) is 42.5 Å². The summed E-state index contributed by atoms with van der Waals surface area (Å²) < 4.78 is 24.5. The van der Waals surface area contributed by atoms with E-state index in [0.717, 1.165) is 69.6 Å². The van der Waals surface area contributed by atoms with Gasteiger partial charge in [-0.05, 0) is 145 Å². The van der Waals surface area contributed by atoms with Crippen molar-refractivity contribution in [1.29, 1.82) is 0 Å². The van der Waals surface area contributed by atoms with Crippen LogP contribution in [0.2, 0.25) is 0 Å². The minimum absolute atomic E-state index is 0.